The average molecular weight is 481 g/mol. The minimum absolute atomic E-state index is 0.0497. The van der Waals surface area contributed by atoms with Crippen LogP contribution in [0.15, 0.2) is 42.5 Å². The molecule has 8 heteroatoms. The molecule has 3 atom stereocenters. The molecule has 0 spiro atoms. The lowest BCUT2D eigenvalue weighted by Crippen LogP contribution is -2.51. The van der Waals surface area contributed by atoms with E-state index < -0.39 is 0 Å². The van der Waals surface area contributed by atoms with Gasteiger partial charge in [0.15, 0.2) is 0 Å². The van der Waals surface area contributed by atoms with Crippen molar-refractivity contribution in [2.24, 2.45) is 5.92 Å². The van der Waals surface area contributed by atoms with Gasteiger partial charge < -0.3 is 20.2 Å². The van der Waals surface area contributed by atoms with Crippen LogP contribution in [0.1, 0.15) is 38.2 Å². The summed E-state index contributed by atoms with van der Waals surface area (Å²) in [7, 11) is 0. The molecule has 2 amide bonds. The smallest absolute Gasteiger partial charge is 0.237 e. The number of piperazine rings is 1. The second-order valence-electron chi connectivity index (χ2n) is 10.4. The topological polar surface area (TPSA) is 76.1 Å². The van der Waals surface area contributed by atoms with Gasteiger partial charge in [0, 0.05) is 37.1 Å². The van der Waals surface area contributed by atoms with Gasteiger partial charge in [0.05, 0.1) is 18.5 Å². The molecular weight excluding hydrogens is 447 g/mol. The van der Waals surface area contributed by atoms with Crippen LogP contribution in [-0.4, -0.2) is 71.5 Å². The maximum atomic E-state index is 13.6. The molecule has 0 unspecified atom stereocenters. The number of carbonyl (C=O) groups is 2. The molecule has 2 aromatic carbocycles. The predicted molar refractivity (Wildman–Crippen MR) is 133 cm³/mol. The summed E-state index contributed by atoms with van der Waals surface area (Å²) >= 11 is 0. The van der Waals surface area contributed by atoms with Crippen LogP contribution in [0.25, 0.3) is 0 Å². The van der Waals surface area contributed by atoms with Crippen LogP contribution in [0.4, 0.5) is 15.8 Å². The Labute approximate surface area is 205 Å². The molecule has 0 aromatic heterocycles. The van der Waals surface area contributed by atoms with E-state index in [1.165, 1.54) is 6.07 Å². The molecule has 0 saturated carbocycles. The molecule has 3 aliphatic heterocycles. The monoisotopic (exact) mass is 480 g/mol. The molecule has 3 saturated heterocycles. The highest BCUT2D eigenvalue weighted by Gasteiger charge is 2.45. The van der Waals surface area contributed by atoms with Crippen LogP contribution in [0.5, 0.6) is 5.75 Å². The minimum atomic E-state index is -0.239. The maximum absolute atomic E-state index is 13.6. The fourth-order valence-corrected chi connectivity index (χ4v) is 5.75. The largest absolute Gasteiger partial charge is 0.508 e. The van der Waals surface area contributed by atoms with Crippen LogP contribution in [0.3, 0.4) is 0 Å². The molecule has 0 radical (unpaired) electrons. The molecule has 186 valence electrons. The van der Waals surface area contributed by atoms with E-state index in [-0.39, 0.29) is 47.3 Å². The lowest BCUT2D eigenvalue weighted by Gasteiger charge is -2.36. The summed E-state index contributed by atoms with van der Waals surface area (Å²) in [5.74, 6) is 0.0397. The van der Waals surface area contributed by atoms with Crippen molar-refractivity contribution >= 4 is 23.2 Å². The molecule has 2 aromatic rings. The van der Waals surface area contributed by atoms with Gasteiger partial charge in [-0.15, -0.1) is 0 Å². The molecule has 2 bridgehead atoms. The summed E-state index contributed by atoms with van der Waals surface area (Å²) in [6.45, 7) is 6.99. The number of nitrogens with one attached hydrogen (secondary N) is 1. The third-order valence-corrected chi connectivity index (χ3v) is 7.62. The van der Waals surface area contributed by atoms with Gasteiger partial charge in [0.1, 0.15) is 11.6 Å². The fraction of sp³-hybridized carbons (Fsp3) is 0.481. The number of amides is 2. The number of rotatable bonds is 6. The van der Waals surface area contributed by atoms with Crippen molar-refractivity contribution in [3.05, 3.63) is 53.8 Å². The number of aromatic hydroxyl groups is 1. The number of halogens is 1. The molecule has 3 fully saturated rings. The summed E-state index contributed by atoms with van der Waals surface area (Å²) in [6.07, 6.45) is 1.63. The third-order valence-electron chi connectivity index (χ3n) is 7.62. The highest BCUT2D eigenvalue weighted by molar-refractivity contribution is 5.93. The van der Waals surface area contributed by atoms with Gasteiger partial charge in [-0.05, 0) is 67.3 Å². The van der Waals surface area contributed by atoms with Crippen molar-refractivity contribution in [3.63, 3.8) is 0 Å². The third kappa shape index (κ3) is 4.85. The first-order chi connectivity index (χ1) is 16.8. The van der Waals surface area contributed by atoms with Crippen molar-refractivity contribution in [1.29, 1.82) is 0 Å². The molecule has 5 rings (SSSR count). The predicted octanol–water partition coefficient (Wildman–Crippen LogP) is 3.40. The Balaban J connectivity index is 1.12. The van der Waals surface area contributed by atoms with Crippen molar-refractivity contribution < 1.29 is 19.1 Å². The zero-order chi connectivity index (χ0) is 24.7. The number of benzene rings is 2. The maximum Gasteiger partial charge on any atom is 0.237 e. The van der Waals surface area contributed by atoms with Gasteiger partial charge in [-0.25, -0.2) is 4.39 Å². The highest BCUT2D eigenvalue weighted by Crippen LogP contribution is 2.35. The lowest BCUT2D eigenvalue weighted by atomic mass is 10.0. The number of fused-ring (bicyclic) bond motifs is 2. The highest BCUT2D eigenvalue weighted by atomic mass is 19.1. The van der Waals surface area contributed by atoms with Gasteiger partial charge >= 0.3 is 0 Å². The molecule has 35 heavy (non-hydrogen) atoms. The van der Waals surface area contributed by atoms with Crippen molar-refractivity contribution in [1.82, 2.24) is 9.80 Å². The molecule has 0 aliphatic carbocycles. The summed E-state index contributed by atoms with van der Waals surface area (Å²) in [5, 5.41) is 13.0. The Morgan fingerprint density at radius 1 is 1.11 bits per heavy atom. The number of hydrogen-bond donors (Lipinski definition) is 2. The Morgan fingerprint density at radius 2 is 1.94 bits per heavy atom. The van der Waals surface area contributed by atoms with Crippen molar-refractivity contribution in [2.45, 2.75) is 44.7 Å². The summed E-state index contributed by atoms with van der Waals surface area (Å²) < 4.78 is 13.6. The Morgan fingerprint density at radius 3 is 2.66 bits per heavy atom. The molecule has 3 aliphatic rings. The minimum Gasteiger partial charge on any atom is -0.508 e. The normalized spacial score (nSPS) is 23.9. The summed E-state index contributed by atoms with van der Waals surface area (Å²) in [5.41, 5.74) is 2.37. The second kappa shape index (κ2) is 9.49. The van der Waals surface area contributed by atoms with Crippen LogP contribution in [-0.2, 0) is 9.59 Å². The number of phenols is 1. The standard InChI is InChI=1S/C27H33FN4O3/c1-17(2)24-11-20(6-7-25(24)33)29-27(35)18-8-9-30(13-18)16-26(34)32-15-22-12-23(32)14-31(22)21-5-3-4-19(28)10-21/h3-7,10-11,17-18,22-23,33H,8-9,12-16H2,1-2H3,(H,29,35)/t18-,22+,23+/m1/s1. The van der Waals surface area contributed by atoms with Crippen molar-refractivity contribution in [3.8, 4) is 5.75 Å². The van der Waals surface area contributed by atoms with Gasteiger partial charge in [-0.2, -0.15) is 0 Å². The zero-order valence-corrected chi connectivity index (χ0v) is 20.3. The van der Waals surface area contributed by atoms with Gasteiger partial charge in [-0.3, -0.25) is 14.5 Å². The first-order valence-electron chi connectivity index (χ1n) is 12.5. The van der Waals surface area contributed by atoms with Crippen LogP contribution in [0, 0.1) is 11.7 Å². The van der Waals surface area contributed by atoms with Gasteiger partial charge in [-0.1, -0.05) is 19.9 Å². The first kappa shape index (κ1) is 23.6. The zero-order valence-electron chi connectivity index (χ0n) is 20.3. The second-order valence-corrected chi connectivity index (χ2v) is 10.4. The number of likely N-dealkylation sites (tertiary alicyclic amines) is 2. The quantitative estimate of drug-likeness (QED) is 0.620. The number of anilines is 2. The molecule has 7 nitrogen and oxygen atoms in total. The molecule has 3 heterocycles. The van der Waals surface area contributed by atoms with E-state index in [2.05, 4.69) is 15.1 Å². The van der Waals surface area contributed by atoms with E-state index in [1.807, 2.05) is 30.9 Å². The SMILES string of the molecule is CC(C)c1cc(NC(=O)[C@@H]2CCN(CC(=O)N3C[C@@H]4C[C@H]3CN4c3cccc(F)c3)C2)ccc1O. The number of carbonyl (C=O) groups excluding carboxylic acids is 2. The van der Waals surface area contributed by atoms with E-state index in [0.717, 1.165) is 24.2 Å². The van der Waals surface area contributed by atoms with Gasteiger partial charge in [0.2, 0.25) is 11.8 Å². The average Bonchev–Trinajstić information content (AvgIpc) is 3.56. The lowest BCUT2D eigenvalue weighted by molar-refractivity contribution is -0.133. The molecular formula is C27H33FN4O3. The van der Waals surface area contributed by atoms with Crippen LogP contribution in [0.2, 0.25) is 0 Å². The van der Waals surface area contributed by atoms with Crippen molar-refractivity contribution in [2.75, 3.05) is 42.9 Å². The van der Waals surface area contributed by atoms with Crippen LogP contribution < -0.4 is 10.2 Å². The number of nitrogens with zero attached hydrogens (tertiary/aromatic N) is 3. The van der Waals surface area contributed by atoms with E-state index in [0.29, 0.717) is 38.3 Å². The Hall–Kier alpha value is -3.13. The van der Waals surface area contributed by atoms with Gasteiger partial charge in [0.25, 0.3) is 0 Å². The van der Waals surface area contributed by atoms with Crippen LogP contribution >= 0.6 is 0 Å². The summed E-state index contributed by atoms with van der Waals surface area (Å²) in [6, 6.07) is 12.2. The first-order valence-corrected chi connectivity index (χ1v) is 12.5. The Bertz CT molecular complexity index is 1120. The Kier molecular flexibility index (Phi) is 6.40. The number of hydrogen-bond acceptors (Lipinski definition) is 5. The van der Waals surface area contributed by atoms with E-state index in [4.69, 9.17) is 0 Å². The fourth-order valence-electron chi connectivity index (χ4n) is 5.75. The number of phenolic OH excluding ortho intramolecular Hbond substituents is 1. The summed E-state index contributed by atoms with van der Waals surface area (Å²) in [4.78, 5) is 32.2. The molecule has 2 N–H and O–H groups in total. The van der Waals surface area contributed by atoms with E-state index in [1.54, 1.807) is 24.3 Å². The van der Waals surface area contributed by atoms with E-state index in [9.17, 15) is 19.1 Å². The van der Waals surface area contributed by atoms with E-state index >= 15 is 0 Å².